The van der Waals surface area contributed by atoms with Crippen molar-refractivity contribution in [1.29, 1.82) is 0 Å². The second-order valence-electron chi connectivity index (χ2n) is 5.89. The van der Waals surface area contributed by atoms with Gasteiger partial charge in [0.15, 0.2) is 15.0 Å². The molecule has 3 aromatic rings. The fourth-order valence-electron chi connectivity index (χ4n) is 2.78. The average molecular weight is 393 g/mol. The number of thiophene rings is 1. The van der Waals surface area contributed by atoms with Gasteiger partial charge in [0.25, 0.3) is 0 Å². The smallest absolute Gasteiger partial charge is 0.233 e. The quantitative estimate of drug-likeness (QED) is 0.378. The van der Waals surface area contributed by atoms with Crippen molar-refractivity contribution in [3.8, 4) is 0 Å². The molecule has 1 aromatic heterocycles. The van der Waals surface area contributed by atoms with E-state index in [2.05, 4.69) is 0 Å². The third-order valence-corrected chi connectivity index (χ3v) is 6.46. The van der Waals surface area contributed by atoms with E-state index in [1.54, 1.807) is 48.5 Å². The van der Waals surface area contributed by atoms with E-state index in [4.69, 9.17) is 0 Å². The van der Waals surface area contributed by atoms with Gasteiger partial charge < -0.3 is 0 Å². The molecular weight excluding hydrogens is 377 g/mol. The summed E-state index contributed by atoms with van der Waals surface area (Å²) in [4.78, 5) is 11.0. The van der Waals surface area contributed by atoms with Crippen molar-refractivity contribution >= 4 is 37.7 Å². The van der Waals surface area contributed by atoms with Gasteiger partial charge in [-0.05, 0) is 34.7 Å². The highest BCUT2D eigenvalue weighted by molar-refractivity contribution is 7.90. The molecule has 0 saturated heterocycles. The molecule has 1 heterocycles. The molecule has 1 atom stereocenters. The van der Waals surface area contributed by atoms with Gasteiger partial charge in [0, 0.05) is 4.70 Å². The molecule has 0 saturated carbocycles. The molecule has 0 bridgehead atoms. The summed E-state index contributed by atoms with van der Waals surface area (Å²) < 4.78 is 39.3. The van der Waals surface area contributed by atoms with Gasteiger partial charge in [0.1, 0.15) is 0 Å². The normalized spacial score (nSPS) is 12.8. The number of sulfone groups is 1. The molecule has 0 aliphatic rings. The van der Waals surface area contributed by atoms with Gasteiger partial charge in [-0.3, -0.25) is 10.0 Å². The highest BCUT2D eigenvalue weighted by atomic mass is 32.2. The number of rotatable bonds is 7. The topological polar surface area (TPSA) is 74.7 Å². The maximum atomic E-state index is 13.3. The van der Waals surface area contributed by atoms with Crippen LogP contribution in [-0.4, -0.2) is 30.9 Å². The summed E-state index contributed by atoms with van der Waals surface area (Å²) in [5, 5.41) is 10.5. The monoisotopic (exact) mass is 393 g/mol. The highest BCUT2D eigenvalue weighted by Gasteiger charge is 2.25. The first-order valence-corrected chi connectivity index (χ1v) is 10.4. The van der Waals surface area contributed by atoms with Gasteiger partial charge in [-0.1, -0.05) is 36.4 Å². The number of nitrogens with zero attached hydrogens (tertiary/aromatic N) is 1. The maximum Gasteiger partial charge on any atom is 0.233 e. The molecule has 1 unspecified atom stereocenters. The molecule has 136 valence electrons. The first-order chi connectivity index (χ1) is 12.4. The molecule has 26 heavy (non-hydrogen) atoms. The molecule has 3 rings (SSSR count). The summed E-state index contributed by atoms with van der Waals surface area (Å²) in [7, 11) is -3.65. The Balaban J connectivity index is 1.84. The minimum atomic E-state index is -3.65. The van der Waals surface area contributed by atoms with Crippen LogP contribution in [-0.2, 0) is 20.4 Å². The van der Waals surface area contributed by atoms with Crippen LogP contribution in [0.3, 0.4) is 0 Å². The van der Waals surface area contributed by atoms with Crippen LogP contribution in [0.5, 0.6) is 0 Å². The molecule has 0 aliphatic carbocycles. The van der Waals surface area contributed by atoms with Gasteiger partial charge >= 0.3 is 0 Å². The second-order valence-corrected chi connectivity index (χ2v) is 9.03. The predicted octanol–water partition coefficient (Wildman–Crippen LogP) is 3.54. The van der Waals surface area contributed by atoms with E-state index in [1.165, 1.54) is 6.07 Å². The van der Waals surface area contributed by atoms with Crippen LogP contribution >= 0.6 is 11.3 Å². The van der Waals surface area contributed by atoms with Crippen LogP contribution < -0.4 is 0 Å². The van der Waals surface area contributed by atoms with E-state index in [9.17, 15) is 22.8 Å². The second kappa shape index (κ2) is 7.53. The summed E-state index contributed by atoms with van der Waals surface area (Å²) in [5.41, 5.74) is 1.04. The van der Waals surface area contributed by atoms with E-state index in [1.807, 2.05) is 0 Å². The standard InChI is InChI=1S/C18H16FNO4S2/c19-18-9-15-8-13(6-7-17(15)25-18)10-26(23,24)11-16(20(22)12-21)14-4-2-1-3-5-14/h1-9,12,16,22H,10-11H2. The fourth-order valence-corrected chi connectivity index (χ4v) is 5.18. The lowest BCUT2D eigenvalue weighted by molar-refractivity contribution is -0.158. The number of hydrogen-bond acceptors (Lipinski definition) is 5. The number of hydroxylamine groups is 2. The van der Waals surface area contributed by atoms with Crippen LogP contribution in [0, 0.1) is 5.13 Å². The Labute approximate surface area is 154 Å². The first-order valence-electron chi connectivity index (χ1n) is 7.74. The van der Waals surface area contributed by atoms with Crippen LogP contribution in [0.2, 0.25) is 0 Å². The Morgan fingerprint density at radius 2 is 1.88 bits per heavy atom. The number of halogens is 1. The minimum absolute atomic E-state index is 0.188. The SMILES string of the molecule is O=CN(O)C(CS(=O)(=O)Cc1ccc2sc(F)cc2c1)c1ccccc1. The maximum absolute atomic E-state index is 13.3. The number of fused-ring (bicyclic) bond motifs is 1. The van der Waals surface area contributed by atoms with E-state index in [0.29, 0.717) is 21.6 Å². The molecule has 1 N–H and O–H groups in total. The zero-order valence-corrected chi connectivity index (χ0v) is 15.2. The Morgan fingerprint density at radius 1 is 1.15 bits per heavy atom. The lowest BCUT2D eigenvalue weighted by atomic mass is 10.1. The molecule has 5 nitrogen and oxygen atoms in total. The van der Waals surface area contributed by atoms with E-state index < -0.39 is 21.6 Å². The molecule has 0 fully saturated rings. The molecular formula is C18H16FNO4S2. The third kappa shape index (κ3) is 4.27. The number of amides is 1. The van der Waals surface area contributed by atoms with Gasteiger partial charge in [-0.2, -0.15) is 4.39 Å². The highest BCUT2D eigenvalue weighted by Crippen LogP contribution is 2.27. The van der Waals surface area contributed by atoms with Gasteiger partial charge in [0.05, 0.1) is 17.5 Å². The fraction of sp³-hybridized carbons (Fsp3) is 0.167. The van der Waals surface area contributed by atoms with Crippen LogP contribution in [0.25, 0.3) is 10.1 Å². The van der Waals surface area contributed by atoms with Gasteiger partial charge in [-0.25, -0.2) is 13.5 Å². The summed E-state index contributed by atoms with van der Waals surface area (Å²) in [5.74, 6) is -0.696. The summed E-state index contributed by atoms with van der Waals surface area (Å²) in [6.45, 7) is 0. The molecule has 1 amide bonds. The van der Waals surface area contributed by atoms with Crippen LogP contribution in [0.4, 0.5) is 4.39 Å². The summed E-state index contributed by atoms with van der Waals surface area (Å²) in [6, 6.07) is 13.8. The van der Waals surface area contributed by atoms with Crippen molar-refractivity contribution < 1.29 is 22.8 Å². The number of carbonyl (C=O) groups excluding carboxylic acids is 1. The predicted molar refractivity (Wildman–Crippen MR) is 98.1 cm³/mol. The number of hydrogen-bond donors (Lipinski definition) is 1. The third-order valence-electron chi connectivity index (χ3n) is 3.96. The first kappa shape index (κ1) is 18.5. The van der Waals surface area contributed by atoms with Crippen LogP contribution in [0.15, 0.2) is 54.6 Å². The van der Waals surface area contributed by atoms with Crippen molar-refractivity contribution in [3.05, 3.63) is 70.9 Å². The van der Waals surface area contributed by atoms with Crippen LogP contribution in [0.1, 0.15) is 17.2 Å². The Kier molecular flexibility index (Phi) is 5.36. The number of carbonyl (C=O) groups is 1. The summed E-state index contributed by atoms with van der Waals surface area (Å²) in [6.07, 6.45) is 0.188. The lowest BCUT2D eigenvalue weighted by Crippen LogP contribution is -2.30. The number of benzene rings is 2. The molecule has 0 spiro atoms. The van der Waals surface area contributed by atoms with E-state index in [0.717, 1.165) is 16.0 Å². The summed E-state index contributed by atoms with van der Waals surface area (Å²) >= 11 is 0.999. The van der Waals surface area contributed by atoms with Crippen molar-refractivity contribution in [2.45, 2.75) is 11.8 Å². The molecule has 0 aliphatic heterocycles. The van der Waals surface area contributed by atoms with E-state index in [-0.39, 0.29) is 17.3 Å². The zero-order chi connectivity index (χ0) is 18.7. The van der Waals surface area contributed by atoms with Crippen molar-refractivity contribution in [1.82, 2.24) is 5.06 Å². The van der Waals surface area contributed by atoms with Crippen molar-refractivity contribution in [2.75, 3.05) is 5.75 Å². The lowest BCUT2D eigenvalue weighted by Gasteiger charge is -2.22. The van der Waals surface area contributed by atoms with Gasteiger partial charge in [0.2, 0.25) is 6.41 Å². The van der Waals surface area contributed by atoms with Crippen molar-refractivity contribution in [2.24, 2.45) is 0 Å². The molecule has 0 radical (unpaired) electrons. The van der Waals surface area contributed by atoms with Crippen molar-refractivity contribution in [3.63, 3.8) is 0 Å². The molecule has 2 aromatic carbocycles. The Bertz CT molecular complexity index is 1020. The van der Waals surface area contributed by atoms with E-state index >= 15 is 0 Å². The van der Waals surface area contributed by atoms with Gasteiger partial charge in [-0.15, -0.1) is 11.3 Å². The largest absolute Gasteiger partial charge is 0.285 e. The molecule has 8 heteroatoms. The Hall–Kier alpha value is -2.29. The average Bonchev–Trinajstić information content (AvgIpc) is 2.98. The zero-order valence-electron chi connectivity index (χ0n) is 13.6. The Morgan fingerprint density at radius 3 is 2.58 bits per heavy atom. The minimum Gasteiger partial charge on any atom is -0.285 e.